The molecule has 2 saturated heterocycles. The quantitative estimate of drug-likeness (QED) is 0.789. The predicted octanol–water partition coefficient (Wildman–Crippen LogP) is 2.76. The third-order valence-electron chi connectivity index (χ3n) is 4.49. The third kappa shape index (κ3) is 2.94. The fraction of sp³-hybridized carbons (Fsp3) is 0.500. The van der Waals surface area contributed by atoms with E-state index in [4.69, 9.17) is 9.47 Å². The maximum absolute atomic E-state index is 12.8. The van der Waals surface area contributed by atoms with Gasteiger partial charge < -0.3 is 14.4 Å². The van der Waals surface area contributed by atoms with E-state index in [0.29, 0.717) is 26.4 Å². The van der Waals surface area contributed by atoms with Crippen molar-refractivity contribution in [2.75, 3.05) is 26.4 Å². The number of ether oxygens (including phenoxy) is 2. The summed E-state index contributed by atoms with van der Waals surface area (Å²) in [6, 6.07) is 8.19. The minimum absolute atomic E-state index is 0.0694. The molecular weight excluding hydrogens is 278 g/mol. The lowest BCUT2D eigenvalue weighted by Crippen LogP contribution is -2.51. The second-order valence-electron chi connectivity index (χ2n) is 6.10. The van der Waals surface area contributed by atoms with Gasteiger partial charge in [-0.15, -0.1) is 0 Å². The summed E-state index contributed by atoms with van der Waals surface area (Å²) in [6.45, 7) is 6.53. The second kappa shape index (κ2) is 6.23. The Hall–Kier alpha value is -1.65. The van der Waals surface area contributed by atoms with E-state index in [0.717, 1.165) is 24.0 Å². The number of aryl methyl sites for hydroxylation is 1. The van der Waals surface area contributed by atoms with Gasteiger partial charge in [-0.1, -0.05) is 29.8 Å². The molecule has 0 unspecified atom stereocenters. The van der Waals surface area contributed by atoms with E-state index >= 15 is 0 Å². The van der Waals surface area contributed by atoms with Crippen LogP contribution < -0.4 is 0 Å². The fourth-order valence-corrected chi connectivity index (χ4v) is 3.19. The number of amides is 1. The number of hydrogen-bond donors (Lipinski definition) is 0. The van der Waals surface area contributed by atoms with Crippen molar-refractivity contribution in [1.82, 2.24) is 4.90 Å². The second-order valence-corrected chi connectivity index (χ2v) is 6.10. The van der Waals surface area contributed by atoms with Crippen LogP contribution in [0.5, 0.6) is 0 Å². The van der Waals surface area contributed by atoms with Crippen LogP contribution in [0.1, 0.15) is 30.9 Å². The number of carbonyl (C=O) groups is 1. The van der Waals surface area contributed by atoms with Crippen molar-refractivity contribution in [3.8, 4) is 0 Å². The van der Waals surface area contributed by atoms with Gasteiger partial charge in [0.2, 0.25) is 0 Å². The molecule has 0 aromatic heterocycles. The van der Waals surface area contributed by atoms with Crippen LogP contribution in [0.2, 0.25) is 0 Å². The third-order valence-corrected chi connectivity index (χ3v) is 4.49. The first-order chi connectivity index (χ1) is 10.6. The molecule has 4 nitrogen and oxygen atoms in total. The van der Waals surface area contributed by atoms with Gasteiger partial charge in [0.25, 0.3) is 5.91 Å². The Kier molecular flexibility index (Phi) is 4.32. The summed E-state index contributed by atoms with van der Waals surface area (Å²) in [5, 5.41) is 0. The Balaban J connectivity index is 1.78. The minimum Gasteiger partial charge on any atom is -0.381 e. The van der Waals surface area contributed by atoms with Crippen LogP contribution in [0.3, 0.4) is 0 Å². The molecule has 4 heteroatoms. The number of rotatable bonds is 2. The molecule has 118 valence electrons. The zero-order valence-corrected chi connectivity index (χ0v) is 13.3. The van der Waals surface area contributed by atoms with Crippen molar-refractivity contribution in [3.63, 3.8) is 0 Å². The highest BCUT2D eigenvalue weighted by Crippen LogP contribution is 2.34. The smallest absolute Gasteiger partial charge is 0.251 e. The summed E-state index contributed by atoms with van der Waals surface area (Å²) < 4.78 is 11.3. The highest BCUT2D eigenvalue weighted by molar-refractivity contribution is 5.97. The van der Waals surface area contributed by atoms with E-state index in [9.17, 15) is 4.79 Å². The molecule has 2 heterocycles. The van der Waals surface area contributed by atoms with E-state index in [2.05, 4.69) is 19.1 Å². The van der Waals surface area contributed by atoms with Crippen molar-refractivity contribution in [3.05, 3.63) is 41.0 Å². The number of benzene rings is 1. The van der Waals surface area contributed by atoms with E-state index < -0.39 is 5.72 Å². The number of hydrogen-bond acceptors (Lipinski definition) is 3. The van der Waals surface area contributed by atoms with Gasteiger partial charge in [-0.3, -0.25) is 4.79 Å². The van der Waals surface area contributed by atoms with Gasteiger partial charge in [0.1, 0.15) is 5.72 Å². The summed E-state index contributed by atoms with van der Waals surface area (Å²) in [6.07, 6.45) is 3.47. The van der Waals surface area contributed by atoms with Gasteiger partial charge in [0.15, 0.2) is 0 Å². The first-order valence-corrected chi connectivity index (χ1v) is 7.89. The monoisotopic (exact) mass is 301 g/mol. The Morgan fingerprint density at radius 3 is 2.55 bits per heavy atom. The molecule has 2 aliphatic rings. The lowest BCUT2D eigenvalue weighted by Gasteiger charge is -2.39. The Bertz CT molecular complexity index is 570. The molecule has 3 rings (SSSR count). The van der Waals surface area contributed by atoms with Crippen LogP contribution in [-0.2, 0) is 14.3 Å². The SMILES string of the molecule is CC(=Cc1ccc(C)cc1)C(=O)N1CCOC12CCOCC2. The number of carbonyl (C=O) groups excluding carboxylic acids is 1. The van der Waals surface area contributed by atoms with Gasteiger partial charge >= 0.3 is 0 Å². The van der Waals surface area contributed by atoms with Crippen molar-refractivity contribution in [2.24, 2.45) is 0 Å². The van der Waals surface area contributed by atoms with Gasteiger partial charge in [-0.05, 0) is 25.5 Å². The predicted molar refractivity (Wildman–Crippen MR) is 85.3 cm³/mol. The Morgan fingerprint density at radius 2 is 1.86 bits per heavy atom. The zero-order chi connectivity index (χ0) is 15.6. The molecule has 2 aliphatic heterocycles. The Morgan fingerprint density at radius 1 is 1.18 bits per heavy atom. The van der Waals surface area contributed by atoms with E-state index in [1.807, 2.05) is 30.0 Å². The molecule has 0 bridgehead atoms. The lowest BCUT2D eigenvalue weighted by atomic mass is 10.0. The average Bonchev–Trinajstić information content (AvgIpc) is 2.92. The summed E-state index contributed by atoms with van der Waals surface area (Å²) >= 11 is 0. The van der Waals surface area contributed by atoms with Crippen LogP contribution in [0.15, 0.2) is 29.8 Å². The summed E-state index contributed by atoms with van der Waals surface area (Å²) in [7, 11) is 0. The van der Waals surface area contributed by atoms with E-state index in [1.54, 1.807) is 0 Å². The van der Waals surface area contributed by atoms with Crippen LogP contribution >= 0.6 is 0 Å². The molecule has 0 radical (unpaired) electrons. The molecule has 1 amide bonds. The van der Waals surface area contributed by atoms with Gasteiger partial charge in [0, 0.05) is 25.0 Å². The first-order valence-electron chi connectivity index (χ1n) is 7.89. The average molecular weight is 301 g/mol. The maximum atomic E-state index is 12.8. The molecular formula is C18H23NO3. The van der Waals surface area contributed by atoms with Crippen molar-refractivity contribution in [1.29, 1.82) is 0 Å². The highest BCUT2D eigenvalue weighted by Gasteiger charge is 2.46. The molecule has 1 aromatic rings. The van der Waals surface area contributed by atoms with Crippen LogP contribution in [-0.4, -0.2) is 42.9 Å². The van der Waals surface area contributed by atoms with Crippen molar-refractivity contribution < 1.29 is 14.3 Å². The minimum atomic E-state index is -0.447. The molecule has 1 aromatic carbocycles. The normalized spacial score (nSPS) is 21.4. The zero-order valence-electron chi connectivity index (χ0n) is 13.3. The molecule has 2 fully saturated rings. The lowest BCUT2D eigenvalue weighted by molar-refractivity contribution is -0.163. The molecule has 0 aliphatic carbocycles. The summed E-state index contributed by atoms with van der Waals surface area (Å²) in [5.74, 6) is 0.0694. The first kappa shape index (κ1) is 15.3. The number of nitrogens with zero attached hydrogens (tertiary/aromatic N) is 1. The summed E-state index contributed by atoms with van der Waals surface area (Å²) in [5.41, 5.74) is 2.57. The maximum Gasteiger partial charge on any atom is 0.251 e. The van der Waals surface area contributed by atoms with Crippen LogP contribution in [0.4, 0.5) is 0 Å². The molecule has 0 atom stereocenters. The largest absolute Gasteiger partial charge is 0.381 e. The standard InChI is InChI=1S/C18H23NO3/c1-14-3-5-16(6-4-14)13-15(2)17(20)19-9-12-22-18(19)7-10-21-11-8-18/h3-6,13H,7-12H2,1-2H3. The highest BCUT2D eigenvalue weighted by atomic mass is 16.5. The van der Waals surface area contributed by atoms with Crippen LogP contribution in [0, 0.1) is 6.92 Å². The summed E-state index contributed by atoms with van der Waals surface area (Å²) in [4.78, 5) is 14.7. The van der Waals surface area contributed by atoms with Crippen molar-refractivity contribution in [2.45, 2.75) is 32.4 Å². The van der Waals surface area contributed by atoms with E-state index in [-0.39, 0.29) is 5.91 Å². The molecule has 1 spiro atoms. The van der Waals surface area contributed by atoms with Gasteiger partial charge in [0.05, 0.1) is 19.8 Å². The Labute approximate surface area is 131 Å². The van der Waals surface area contributed by atoms with Crippen LogP contribution in [0.25, 0.3) is 6.08 Å². The van der Waals surface area contributed by atoms with Gasteiger partial charge in [-0.2, -0.15) is 0 Å². The molecule has 22 heavy (non-hydrogen) atoms. The van der Waals surface area contributed by atoms with Gasteiger partial charge in [-0.25, -0.2) is 0 Å². The van der Waals surface area contributed by atoms with E-state index in [1.165, 1.54) is 5.56 Å². The molecule has 0 saturated carbocycles. The topological polar surface area (TPSA) is 38.8 Å². The van der Waals surface area contributed by atoms with Crippen molar-refractivity contribution >= 4 is 12.0 Å². The molecule has 0 N–H and O–H groups in total. The fourth-order valence-electron chi connectivity index (χ4n) is 3.19.